The summed E-state index contributed by atoms with van der Waals surface area (Å²) in [5.74, 6) is 0.655. The summed E-state index contributed by atoms with van der Waals surface area (Å²) in [5.41, 5.74) is 0.641. The SMILES string of the molecule is O=C(NC12CC(c3nc([C@H]4C[C@@H](OC(F)(F)F)C4)co3)(C1)C2)C1CC(O)c2cc(Cl)ccc2O1. The van der Waals surface area contributed by atoms with Crippen LogP contribution in [0, 0.1) is 0 Å². The number of benzene rings is 1. The monoisotopic (exact) mass is 498 g/mol. The summed E-state index contributed by atoms with van der Waals surface area (Å²) in [6.07, 6.45) is -2.85. The van der Waals surface area contributed by atoms with Gasteiger partial charge in [-0.1, -0.05) is 11.6 Å². The molecule has 34 heavy (non-hydrogen) atoms. The van der Waals surface area contributed by atoms with Gasteiger partial charge < -0.3 is 19.6 Å². The second kappa shape index (κ2) is 7.35. The van der Waals surface area contributed by atoms with Crippen molar-refractivity contribution in [3.63, 3.8) is 0 Å². The molecular formula is C23H22ClF3N2O5. The van der Waals surface area contributed by atoms with Gasteiger partial charge in [0.15, 0.2) is 6.10 Å². The summed E-state index contributed by atoms with van der Waals surface area (Å²) < 4.78 is 52.4. The number of fused-ring (bicyclic) bond motifs is 1. The van der Waals surface area contributed by atoms with E-state index in [1.54, 1.807) is 18.2 Å². The molecule has 2 atom stereocenters. The third-order valence-corrected chi connectivity index (χ3v) is 7.77. The summed E-state index contributed by atoms with van der Waals surface area (Å²) in [4.78, 5) is 17.4. The van der Waals surface area contributed by atoms with E-state index in [2.05, 4.69) is 15.0 Å². The fraction of sp³-hybridized carbons (Fsp3) is 0.565. The summed E-state index contributed by atoms with van der Waals surface area (Å²) in [6.45, 7) is 0. The molecule has 4 aliphatic carbocycles. The molecule has 0 saturated heterocycles. The number of oxazole rings is 1. The first kappa shape index (κ1) is 22.2. The molecular weight excluding hydrogens is 477 g/mol. The molecule has 182 valence electrons. The van der Waals surface area contributed by atoms with Gasteiger partial charge in [0.05, 0.1) is 23.3 Å². The Labute approximate surface area is 197 Å². The Kier molecular flexibility index (Phi) is 4.80. The molecule has 1 aliphatic heterocycles. The zero-order chi connectivity index (χ0) is 23.9. The van der Waals surface area contributed by atoms with E-state index in [1.807, 2.05) is 0 Å². The highest BCUT2D eigenvalue weighted by Gasteiger charge is 2.71. The third-order valence-electron chi connectivity index (χ3n) is 7.54. The quantitative estimate of drug-likeness (QED) is 0.639. The lowest BCUT2D eigenvalue weighted by atomic mass is 9.39. The first-order chi connectivity index (χ1) is 16.0. The van der Waals surface area contributed by atoms with Crippen LogP contribution >= 0.6 is 11.6 Å². The van der Waals surface area contributed by atoms with Crippen LogP contribution in [0.5, 0.6) is 5.75 Å². The predicted molar refractivity (Wildman–Crippen MR) is 111 cm³/mol. The third kappa shape index (κ3) is 3.67. The lowest BCUT2D eigenvalue weighted by molar-refractivity contribution is -0.351. The van der Waals surface area contributed by atoms with E-state index in [1.165, 1.54) is 6.26 Å². The zero-order valence-corrected chi connectivity index (χ0v) is 18.7. The predicted octanol–water partition coefficient (Wildman–Crippen LogP) is 4.29. The summed E-state index contributed by atoms with van der Waals surface area (Å²) >= 11 is 5.98. The number of carbonyl (C=O) groups is 1. The molecule has 1 amide bonds. The van der Waals surface area contributed by atoms with Crippen LogP contribution in [0.3, 0.4) is 0 Å². The fourth-order valence-electron chi connectivity index (χ4n) is 5.88. The number of hydrogen-bond acceptors (Lipinski definition) is 6. The molecule has 2 unspecified atom stereocenters. The van der Waals surface area contributed by atoms with E-state index < -0.39 is 24.7 Å². The van der Waals surface area contributed by atoms with Crippen molar-refractivity contribution in [1.29, 1.82) is 0 Å². The van der Waals surface area contributed by atoms with Crippen LogP contribution in [0.2, 0.25) is 5.02 Å². The molecule has 7 rings (SSSR count). The maximum absolute atomic E-state index is 12.9. The van der Waals surface area contributed by atoms with Gasteiger partial charge in [-0.25, -0.2) is 4.98 Å². The van der Waals surface area contributed by atoms with Gasteiger partial charge in [-0.2, -0.15) is 0 Å². The van der Waals surface area contributed by atoms with Crippen molar-refractivity contribution in [2.75, 3.05) is 0 Å². The normalized spacial score (nSPS) is 35.8. The standard InChI is InChI=1S/C23H22ClF3N2O5/c24-12-1-2-17-14(5-12)16(30)6-18(33-17)19(31)29-22-8-21(9-22,10-22)20-28-15(7-32-20)11-3-13(4-11)34-23(25,26)27/h1-2,5,7,11,13,16,18,30H,3-4,6,8-10H2,(H,29,31)/t11-,13+,16?,18?,21?,22?. The van der Waals surface area contributed by atoms with Gasteiger partial charge in [0.1, 0.15) is 12.0 Å². The number of aliphatic hydroxyl groups excluding tert-OH is 1. The van der Waals surface area contributed by atoms with Gasteiger partial charge in [-0.3, -0.25) is 9.53 Å². The van der Waals surface area contributed by atoms with Gasteiger partial charge >= 0.3 is 6.36 Å². The Balaban J connectivity index is 1.03. The lowest BCUT2D eigenvalue weighted by Gasteiger charge is -2.68. The maximum Gasteiger partial charge on any atom is 0.522 e. The lowest BCUT2D eigenvalue weighted by Crippen LogP contribution is -2.77. The highest BCUT2D eigenvalue weighted by atomic mass is 35.5. The number of amides is 1. The number of halogens is 4. The van der Waals surface area contributed by atoms with Gasteiger partial charge in [-0.05, 0) is 50.3 Å². The molecule has 0 spiro atoms. The second-order valence-electron chi connectivity index (χ2n) is 10.1. The van der Waals surface area contributed by atoms with Crippen molar-refractivity contribution in [3.05, 3.63) is 46.6 Å². The Hall–Kier alpha value is -2.30. The molecule has 11 heteroatoms. The largest absolute Gasteiger partial charge is 0.522 e. The number of alkyl halides is 3. The van der Waals surface area contributed by atoms with Gasteiger partial charge in [0.2, 0.25) is 5.89 Å². The average molecular weight is 499 g/mol. The van der Waals surface area contributed by atoms with E-state index in [4.69, 9.17) is 20.8 Å². The Morgan fingerprint density at radius 3 is 2.68 bits per heavy atom. The number of carbonyl (C=O) groups excluding carboxylic acids is 1. The van der Waals surface area contributed by atoms with Crippen molar-refractivity contribution in [1.82, 2.24) is 10.3 Å². The average Bonchev–Trinajstić information content (AvgIpc) is 3.14. The topological polar surface area (TPSA) is 93.8 Å². The highest BCUT2D eigenvalue weighted by Crippen LogP contribution is 2.67. The first-order valence-corrected chi connectivity index (χ1v) is 11.6. The molecule has 2 heterocycles. The number of aliphatic hydroxyl groups is 1. The van der Waals surface area contributed by atoms with E-state index in [0.717, 1.165) is 0 Å². The fourth-order valence-corrected chi connectivity index (χ4v) is 6.06. The Morgan fingerprint density at radius 1 is 1.24 bits per heavy atom. The number of ether oxygens (including phenoxy) is 2. The first-order valence-electron chi connectivity index (χ1n) is 11.2. The van der Waals surface area contributed by atoms with Crippen LogP contribution in [0.4, 0.5) is 13.2 Å². The number of rotatable bonds is 5. The molecule has 2 N–H and O–H groups in total. The van der Waals surface area contributed by atoms with Gasteiger partial charge in [0, 0.05) is 28.5 Å². The summed E-state index contributed by atoms with van der Waals surface area (Å²) in [7, 11) is 0. The van der Waals surface area contributed by atoms with E-state index in [-0.39, 0.29) is 42.0 Å². The van der Waals surface area contributed by atoms with E-state index in [0.29, 0.717) is 47.2 Å². The molecule has 2 bridgehead atoms. The van der Waals surface area contributed by atoms with E-state index >= 15 is 0 Å². The molecule has 4 fully saturated rings. The van der Waals surface area contributed by atoms with Crippen molar-refractivity contribution in [3.8, 4) is 5.75 Å². The van der Waals surface area contributed by atoms with Crippen molar-refractivity contribution in [2.24, 2.45) is 0 Å². The molecule has 7 nitrogen and oxygen atoms in total. The minimum Gasteiger partial charge on any atom is -0.480 e. The molecule has 5 aliphatic rings. The van der Waals surface area contributed by atoms with Crippen LogP contribution in [-0.2, 0) is 14.9 Å². The van der Waals surface area contributed by atoms with E-state index in [9.17, 15) is 23.1 Å². The maximum atomic E-state index is 12.9. The van der Waals surface area contributed by atoms with Crippen molar-refractivity contribution < 1.29 is 37.0 Å². The summed E-state index contributed by atoms with van der Waals surface area (Å²) in [5, 5.41) is 14.0. The van der Waals surface area contributed by atoms with Gasteiger partial charge in [-0.15, -0.1) is 13.2 Å². The molecule has 1 aromatic carbocycles. The molecule has 0 radical (unpaired) electrons. The van der Waals surface area contributed by atoms with Crippen LogP contribution in [0.1, 0.15) is 67.7 Å². The van der Waals surface area contributed by atoms with Crippen LogP contribution < -0.4 is 10.1 Å². The Morgan fingerprint density at radius 2 is 1.97 bits per heavy atom. The second-order valence-corrected chi connectivity index (χ2v) is 10.5. The van der Waals surface area contributed by atoms with Crippen LogP contribution in [0.25, 0.3) is 0 Å². The molecule has 4 saturated carbocycles. The molecule has 1 aromatic heterocycles. The zero-order valence-electron chi connectivity index (χ0n) is 17.9. The number of nitrogens with zero attached hydrogens (tertiary/aromatic N) is 1. The number of nitrogens with one attached hydrogen (secondary N) is 1. The van der Waals surface area contributed by atoms with Crippen molar-refractivity contribution in [2.45, 2.75) is 80.1 Å². The molecule has 2 aromatic rings. The minimum atomic E-state index is -4.62. The Bertz CT molecular complexity index is 1130. The number of aromatic nitrogens is 1. The summed E-state index contributed by atoms with van der Waals surface area (Å²) in [6, 6.07) is 4.93. The number of hydrogen-bond donors (Lipinski definition) is 2. The smallest absolute Gasteiger partial charge is 0.480 e. The highest BCUT2D eigenvalue weighted by molar-refractivity contribution is 6.30. The van der Waals surface area contributed by atoms with Crippen LogP contribution in [0.15, 0.2) is 28.9 Å². The van der Waals surface area contributed by atoms with Gasteiger partial charge in [0.25, 0.3) is 5.91 Å². The van der Waals surface area contributed by atoms with Crippen LogP contribution in [-0.4, -0.2) is 40.1 Å². The van der Waals surface area contributed by atoms with Crippen molar-refractivity contribution >= 4 is 17.5 Å². The minimum absolute atomic E-state index is 0.0986.